The molecule has 0 unspecified atom stereocenters. The van der Waals surface area contributed by atoms with Gasteiger partial charge in [0.05, 0.1) is 13.2 Å². The molecule has 0 spiro atoms. The molecule has 1 aromatic heterocycles. The summed E-state index contributed by atoms with van der Waals surface area (Å²) in [5.74, 6) is 2.62. The molecule has 6 nitrogen and oxygen atoms in total. The summed E-state index contributed by atoms with van der Waals surface area (Å²) >= 11 is 0. The van der Waals surface area contributed by atoms with Crippen molar-refractivity contribution < 1.29 is 23.4 Å². The number of hydrogen-bond donors (Lipinski definition) is 1. The molecule has 1 heterocycles. The van der Waals surface area contributed by atoms with Crippen LogP contribution in [0.1, 0.15) is 47.6 Å². The zero-order valence-corrected chi connectivity index (χ0v) is 17.6. The molecule has 3 aromatic rings. The fraction of sp³-hybridized carbons (Fsp3) is 0.320. The van der Waals surface area contributed by atoms with Gasteiger partial charge in [-0.2, -0.15) is 0 Å². The third kappa shape index (κ3) is 5.40. The highest BCUT2D eigenvalue weighted by Crippen LogP contribution is 2.28. The first kappa shape index (κ1) is 20.8. The van der Waals surface area contributed by atoms with Crippen LogP contribution in [-0.4, -0.2) is 19.1 Å². The minimum atomic E-state index is -0.279. The molecule has 0 atom stereocenters. The maximum absolute atomic E-state index is 12.6. The normalized spacial score (nSPS) is 13.7. The predicted octanol–water partition coefficient (Wildman–Crippen LogP) is 5.12. The molecular formula is C25H27NO5. The molecule has 2 aromatic carbocycles. The zero-order chi connectivity index (χ0) is 21.5. The topological polar surface area (TPSA) is 69.9 Å². The largest absolute Gasteiger partial charge is 0.493 e. The number of hydrogen-bond acceptors (Lipinski definition) is 5. The van der Waals surface area contributed by atoms with E-state index in [1.165, 1.54) is 12.8 Å². The van der Waals surface area contributed by atoms with Crippen LogP contribution in [0.15, 0.2) is 65.1 Å². The van der Waals surface area contributed by atoms with E-state index in [9.17, 15) is 4.79 Å². The molecular weight excluding hydrogens is 394 g/mol. The number of amides is 1. The molecule has 0 saturated heterocycles. The molecule has 1 N–H and O–H groups in total. The molecule has 1 aliphatic carbocycles. The Kier molecular flexibility index (Phi) is 6.77. The first-order valence-corrected chi connectivity index (χ1v) is 10.6. The van der Waals surface area contributed by atoms with Crippen LogP contribution < -0.4 is 19.5 Å². The Balaban J connectivity index is 1.32. The lowest BCUT2D eigenvalue weighted by atomic mass is 10.2. The van der Waals surface area contributed by atoms with Crippen LogP contribution in [0.2, 0.25) is 0 Å². The van der Waals surface area contributed by atoms with Crippen molar-refractivity contribution in [3.05, 3.63) is 77.7 Å². The monoisotopic (exact) mass is 421 g/mol. The Labute approximate surface area is 182 Å². The van der Waals surface area contributed by atoms with Gasteiger partial charge in [0.1, 0.15) is 18.1 Å². The zero-order valence-electron chi connectivity index (χ0n) is 17.6. The number of furan rings is 1. The van der Waals surface area contributed by atoms with Crippen LogP contribution in [0.25, 0.3) is 0 Å². The molecule has 6 heteroatoms. The van der Waals surface area contributed by atoms with Crippen LogP contribution >= 0.6 is 0 Å². The van der Waals surface area contributed by atoms with Gasteiger partial charge in [0.25, 0.3) is 5.91 Å². The van der Waals surface area contributed by atoms with Crippen LogP contribution in [0.5, 0.6) is 17.2 Å². The summed E-state index contributed by atoms with van der Waals surface area (Å²) in [7, 11) is 1.59. The Bertz CT molecular complexity index is 1010. The quantitative estimate of drug-likeness (QED) is 0.519. The van der Waals surface area contributed by atoms with Gasteiger partial charge in [-0.3, -0.25) is 4.79 Å². The van der Waals surface area contributed by atoms with Crippen LogP contribution in [0, 0.1) is 0 Å². The molecule has 1 fully saturated rings. The van der Waals surface area contributed by atoms with E-state index in [0.717, 1.165) is 24.2 Å². The standard InChI is InChI=1S/C25H27NO5/c1-28-22-12-6-7-13-23(22)29-17-20-14-15-24(31-20)25(27)26-16-18-8-2-5-11-21(18)30-19-9-3-4-10-19/h2,5-8,11-15,19H,3-4,9-10,16-17H2,1H3,(H,26,27). The Morgan fingerprint density at radius 1 is 0.968 bits per heavy atom. The van der Waals surface area contributed by atoms with Crippen molar-refractivity contribution in [2.24, 2.45) is 0 Å². The average molecular weight is 421 g/mol. The summed E-state index contributed by atoms with van der Waals surface area (Å²) < 4.78 is 22.8. The molecule has 31 heavy (non-hydrogen) atoms. The number of benzene rings is 2. The number of methoxy groups -OCH3 is 1. The van der Waals surface area contributed by atoms with Crippen LogP contribution in [0.4, 0.5) is 0 Å². The SMILES string of the molecule is COc1ccccc1OCc1ccc(C(=O)NCc2ccccc2OC2CCCC2)o1. The molecule has 1 aliphatic rings. The highest BCUT2D eigenvalue weighted by molar-refractivity contribution is 5.91. The molecule has 0 bridgehead atoms. The second kappa shape index (κ2) is 10.1. The lowest BCUT2D eigenvalue weighted by Gasteiger charge is -2.16. The second-order valence-electron chi connectivity index (χ2n) is 7.52. The van der Waals surface area contributed by atoms with Crippen molar-refractivity contribution >= 4 is 5.91 Å². The van der Waals surface area contributed by atoms with E-state index in [1.807, 2.05) is 48.5 Å². The summed E-state index contributed by atoms with van der Waals surface area (Å²) in [4.78, 5) is 12.6. The summed E-state index contributed by atoms with van der Waals surface area (Å²) in [5.41, 5.74) is 0.953. The van der Waals surface area contributed by atoms with Crippen molar-refractivity contribution in [3.8, 4) is 17.2 Å². The van der Waals surface area contributed by atoms with Crippen LogP contribution in [0.3, 0.4) is 0 Å². The second-order valence-corrected chi connectivity index (χ2v) is 7.52. The number of carbonyl (C=O) groups is 1. The molecule has 1 amide bonds. The van der Waals surface area contributed by atoms with E-state index >= 15 is 0 Å². The number of nitrogens with one attached hydrogen (secondary N) is 1. The van der Waals surface area contributed by atoms with Gasteiger partial charge in [-0.25, -0.2) is 0 Å². The lowest BCUT2D eigenvalue weighted by Crippen LogP contribution is -2.23. The fourth-order valence-corrected chi connectivity index (χ4v) is 3.68. The summed E-state index contributed by atoms with van der Waals surface area (Å²) in [6.45, 7) is 0.571. The number of carbonyl (C=O) groups excluding carboxylic acids is 1. The van der Waals surface area contributed by atoms with Crippen molar-refractivity contribution in [1.29, 1.82) is 0 Å². The first-order valence-electron chi connectivity index (χ1n) is 10.6. The Morgan fingerprint density at radius 3 is 2.45 bits per heavy atom. The molecule has 0 radical (unpaired) electrons. The third-order valence-corrected chi connectivity index (χ3v) is 5.33. The van der Waals surface area contributed by atoms with Gasteiger partial charge in [0, 0.05) is 12.1 Å². The third-order valence-electron chi connectivity index (χ3n) is 5.33. The van der Waals surface area contributed by atoms with E-state index < -0.39 is 0 Å². The van der Waals surface area contributed by atoms with Gasteiger partial charge in [0.15, 0.2) is 17.3 Å². The van der Waals surface area contributed by atoms with Crippen LogP contribution in [-0.2, 0) is 13.2 Å². The highest BCUT2D eigenvalue weighted by atomic mass is 16.5. The molecule has 0 aliphatic heterocycles. The van der Waals surface area contributed by atoms with E-state index in [2.05, 4.69) is 5.32 Å². The number of para-hydroxylation sites is 3. The molecule has 1 saturated carbocycles. The lowest BCUT2D eigenvalue weighted by molar-refractivity contribution is 0.0918. The summed E-state index contributed by atoms with van der Waals surface area (Å²) in [6.07, 6.45) is 4.88. The average Bonchev–Trinajstić information content (AvgIpc) is 3.49. The minimum absolute atomic E-state index is 0.200. The van der Waals surface area contributed by atoms with E-state index in [-0.39, 0.29) is 24.4 Å². The van der Waals surface area contributed by atoms with Gasteiger partial charge < -0.3 is 23.9 Å². The predicted molar refractivity (Wildman–Crippen MR) is 117 cm³/mol. The van der Waals surface area contributed by atoms with E-state index in [1.54, 1.807) is 19.2 Å². The summed E-state index contributed by atoms with van der Waals surface area (Å²) in [5, 5.41) is 2.91. The van der Waals surface area contributed by atoms with Gasteiger partial charge in [-0.05, 0) is 56.0 Å². The van der Waals surface area contributed by atoms with E-state index in [0.29, 0.717) is 23.8 Å². The fourth-order valence-electron chi connectivity index (χ4n) is 3.68. The molecule has 4 rings (SSSR count). The van der Waals surface area contributed by atoms with Crippen molar-refractivity contribution in [3.63, 3.8) is 0 Å². The number of rotatable bonds is 9. The van der Waals surface area contributed by atoms with Crippen molar-refractivity contribution in [2.45, 2.75) is 44.9 Å². The first-order chi connectivity index (χ1) is 15.2. The van der Waals surface area contributed by atoms with Gasteiger partial charge >= 0.3 is 0 Å². The van der Waals surface area contributed by atoms with Gasteiger partial charge in [-0.15, -0.1) is 0 Å². The van der Waals surface area contributed by atoms with E-state index in [4.69, 9.17) is 18.6 Å². The summed E-state index contributed by atoms with van der Waals surface area (Å²) in [6, 6.07) is 18.6. The number of ether oxygens (including phenoxy) is 3. The van der Waals surface area contributed by atoms with Gasteiger partial charge in [0.2, 0.25) is 0 Å². The molecule has 162 valence electrons. The van der Waals surface area contributed by atoms with Gasteiger partial charge in [-0.1, -0.05) is 30.3 Å². The Hall–Kier alpha value is -3.41. The smallest absolute Gasteiger partial charge is 0.287 e. The maximum atomic E-state index is 12.6. The maximum Gasteiger partial charge on any atom is 0.287 e. The van der Waals surface area contributed by atoms with Crippen molar-refractivity contribution in [2.75, 3.05) is 7.11 Å². The minimum Gasteiger partial charge on any atom is -0.493 e. The van der Waals surface area contributed by atoms with Crippen molar-refractivity contribution in [1.82, 2.24) is 5.32 Å². The highest BCUT2D eigenvalue weighted by Gasteiger charge is 2.18. The Morgan fingerprint density at radius 2 is 1.68 bits per heavy atom.